The van der Waals surface area contributed by atoms with E-state index < -0.39 is 63.7 Å². The summed E-state index contributed by atoms with van der Waals surface area (Å²) < 4.78 is 6.21. The van der Waals surface area contributed by atoms with E-state index in [1.54, 1.807) is 0 Å². The molecule has 2 aromatic carbocycles. The normalized spacial score (nSPS) is 24.6. The number of phenolic OH excluding ortho intramolecular Hbond substituents is 4. The molecule has 0 radical (unpaired) electrons. The van der Waals surface area contributed by atoms with Crippen molar-refractivity contribution in [2.45, 2.75) is 6.10 Å². The molecule has 0 saturated heterocycles. The molecule has 5 rings (SSSR count). The van der Waals surface area contributed by atoms with Gasteiger partial charge in [-0.05, 0) is 42.0 Å². The second-order valence-corrected chi connectivity index (χ2v) is 8.63. The van der Waals surface area contributed by atoms with Gasteiger partial charge in [0, 0.05) is 34.8 Å². The number of aliphatic hydroxyl groups is 1. The van der Waals surface area contributed by atoms with Crippen molar-refractivity contribution in [1.29, 1.82) is 0 Å². The van der Waals surface area contributed by atoms with Gasteiger partial charge < -0.3 is 35.4 Å². The molecule has 6 N–H and O–H groups in total. The SMILES string of the molecule is O=C(O)/C=C/C12C=C(O)C(=O)C=C1C(=O)C1=Cc3cc(O)c(O)cc3O[C@@H](c3ccc(O)c(O)c3)[C@@H]12. The Morgan fingerprint density at radius 1 is 0.917 bits per heavy atom. The molecule has 0 bridgehead atoms. The number of fused-ring (bicyclic) bond motifs is 4. The summed E-state index contributed by atoms with van der Waals surface area (Å²) in [6.45, 7) is 0. The summed E-state index contributed by atoms with van der Waals surface area (Å²) in [5.74, 6) is -6.42. The van der Waals surface area contributed by atoms with Crippen LogP contribution in [0.25, 0.3) is 6.08 Å². The highest BCUT2D eigenvalue weighted by Crippen LogP contribution is 2.60. The molecule has 2 aromatic rings. The Hall–Kier alpha value is -4.99. The predicted molar refractivity (Wildman–Crippen MR) is 122 cm³/mol. The first kappa shape index (κ1) is 22.8. The van der Waals surface area contributed by atoms with Gasteiger partial charge in [-0.2, -0.15) is 0 Å². The van der Waals surface area contributed by atoms with Crippen LogP contribution in [0, 0.1) is 11.3 Å². The molecule has 1 fully saturated rings. The van der Waals surface area contributed by atoms with E-state index in [0.29, 0.717) is 0 Å². The molecule has 1 unspecified atom stereocenters. The van der Waals surface area contributed by atoms with Crippen molar-refractivity contribution in [3.63, 3.8) is 0 Å². The van der Waals surface area contributed by atoms with E-state index in [9.17, 15) is 45.0 Å². The largest absolute Gasteiger partial charge is 0.504 e. The number of aliphatic hydroxyl groups excluding tert-OH is 1. The zero-order valence-corrected chi connectivity index (χ0v) is 18.2. The van der Waals surface area contributed by atoms with Crippen molar-refractivity contribution in [3.8, 4) is 28.7 Å². The summed E-state index contributed by atoms with van der Waals surface area (Å²) >= 11 is 0. The minimum atomic E-state index is -1.65. The average molecular weight is 490 g/mol. The van der Waals surface area contributed by atoms with Crippen LogP contribution < -0.4 is 4.74 Å². The lowest BCUT2D eigenvalue weighted by molar-refractivity contribution is -0.131. The van der Waals surface area contributed by atoms with Gasteiger partial charge in [0.15, 0.2) is 34.5 Å². The number of hydrogen-bond donors (Lipinski definition) is 6. The number of ether oxygens (including phenoxy) is 1. The molecule has 36 heavy (non-hydrogen) atoms. The third kappa shape index (κ3) is 3.30. The molecule has 1 heterocycles. The quantitative estimate of drug-likeness (QED) is 0.276. The molecule has 1 saturated carbocycles. The van der Waals surface area contributed by atoms with E-state index in [2.05, 4.69) is 0 Å². The third-order valence-corrected chi connectivity index (χ3v) is 6.53. The third-order valence-electron chi connectivity index (χ3n) is 6.53. The number of benzene rings is 2. The molecule has 0 spiro atoms. The maximum absolute atomic E-state index is 13.7. The summed E-state index contributed by atoms with van der Waals surface area (Å²) in [5.41, 5.74) is -1.22. The summed E-state index contributed by atoms with van der Waals surface area (Å²) in [6, 6.07) is 6.12. The van der Waals surface area contributed by atoms with Gasteiger partial charge in [-0.1, -0.05) is 12.1 Å². The number of ketones is 2. The number of rotatable bonds is 3. The van der Waals surface area contributed by atoms with Crippen LogP contribution in [0.2, 0.25) is 0 Å². The topological polar surface area (TPSA) is 182 Å². The highest BCUT2D eigenvalue weighted by Gasteiger charge is 2.58. The number of carboxylic acid groups (broad SMARTS) is 1. The summed E-state index contributed by atoms with van der Waals surface area (Å²) in [7, 11) is 0. The van der Waals surface area contributed by atoms with E-state index in [0.717, 1.165) is 24.3 Å². The number of carbonyl (C=O) groups is 3. The Morgan fingerprint density at radius 3 is 2.31 bits per heavy atom. The van der Waals surface area contributed by atoms with Crippen LogP contribution in [0.5, 0.6) is 28.7 Å². The van der Waals surface area contributed by atoms with Gasteiger partial charge in [0.1, 0.15) is 11.9 Å². The first-order valence-corrected chi connectivity index (χ1v) is 10.6. The van der Waals surface area contributed by atoms with Gasteiger partial charge in [-0.3, -0.25) is 9.59 Å². The van der Waals surface area contributed by atoms with Crippen molar-refractivity contribution in [2.24, 2.45) is 11.3 Å². The molecule has 0 amide bonds. The maximum atomic E-state index is 13.7. The Bertz CT molecular complexity index is 1490. The number of Topliss-reactive ketones (excluding diaryl/α,β-unsaturated/α-hetero) is 1. The Labute approximate surface area is 202 Å². The second kappa shape index (κ2) is 7.77. The van der Waals surface area contributed by atoms with Crippen molar-refractivity contribution in [1.82, 2.24) is 0 Å². The number of hydrogen-bond acceptors (Lipinski definition) is 9. The van der Waals surface area contributed by atoms with E-state index in [1.807, 2.05) is 0 Å². The lowest BCUT2D eigenvalue weighted by Crippen LogP contribution is -2.34. The van der Waals surface area contributed by atoms with Crippen LogP contribution >= 0.6 is 0 Å². The fourth-order valence-corrected chi connectivity index (χ4v) is 4.94. The maximum Gasteiger partial charge on any atom is 0.328 e. The van der Waals surface area contributed by atoms with Gasteiger partial charge in [0.25, 0.3) is 0 Å². The van der Waals surface area contributed by atoms with Crippen LogP contribution in [0.15, 0.2) is 71.5 Å². The molecule has 1 aliphatic heterocycles. The standard InChI is InChI=1S/C26H18O10/c27-15-2-1-11(6-16(15)28)25-23-13(5-12-7-17(29)19(31)9-21(12)36-25)24(35)14-8-18(30)20(32)10-26(14,23)4-3-22(33)34/h1-10,23,25,27-29,31-32H,(H,33,34)/b4-3+/t23-,25+,26?/m1/s1. The Balaban J connectivity index is 1.85. The molecule has 3 atom stereocenters. The van der Waals surface area contributed by atoms with Gasteiger partial charge in [0.2, 0.25) is 5.78 Å². The minimum Gasteiger partial charge on any atom is -0.504 e. The molecule has 182 valence electrons. The molecule has 3 aliphatic rings. The Kier molecular flexibility index (Phi) is 4.92. The van der Waals surface area contributed by atoms with E-state index in [1.165, 1.54) is 36.4 Å². The zero-order chi connectivity index (χ0) is 25.9. The zero-order valence-electron chi connectivity index (χ0n) is 18.2. The number of carbonyl (C=O) groups excluding carboxylic acids is 2. The summed E-state index contributed by atoms with van der Waals surface area (Å²) in [5, 5.41) is 59.8. The van der Waals surface area contributed by atoms with Gasteiger partial charge in [-0.15, -0.1) is 0 Å². The monoisotopic (exact) mass is 490 g/mol. The lowest BCUT2D eigenvalue weighted by Gasteiger charge is -2.36. The van der Waals surface area contributed by atoms with Crippen LogP contribution in [0.1, 0.15) is 17.2 Å². The average Bonchev–Trinajstić information content (AvgIpc) is 2.93. The fraction of sp³-hybridized carbons (Fsp3) is 0.115. The number of phenols is 4. The predicted octanol–water partition coefficient (Wildman–Crippen LogP) is 2.80. The Morgan fingerprint density at radius 2 is 1.61 bits per heavy atom. The van der Waals surface area contributed by atoms with Crippen LogP contribution in [0.4, 0.5) is 0 Å². The highest BCUT2D eigenvalue weighted by atomic mass is 16.5. The van der Waals surface area contributed by atoms with Crippen LogP contribution in [-0.4, -0.2) is 48.2 Å². The molecule has 2 aliphatic carbocycles. The summed E-state index contributed by atoms with van der Waals surface area (Å²) in [6.07, 6.45) is 4.22. The van der Waals surface area contributed by atoms with E-state index in [4.69, 9.17) is 4.74 Å². The van der Waals surface area contributed by atoms with Gasteiger partial charge in [0.05, 0.1) is 5.41 Å². The molecule has 0 aromatic heterocycles. The molecular formula is C26H18O10. The fourth-order valence-electron chi connectivity index (χ4n) is 4.94. The van der Waals surface area contributed by atoms with Crippen molar-refractivity contribution in [3.05, 3.63) is 82.7 Å². The number of aliphatic carboxylic acids is 1. The van der Waals surface area contributed by atoms with Crippen LogP contribution in [-0.2, 0) is 14.4 Å². The number of carboxylic acids is 1. The smallest absolute Gasteiger partial charge is 0.328 e. The molecule has 10 heteroatoms. The number of aromatic hydroxyl groups is 4. The lowest BCUT2D eigenvalue weighted by atomic mass is 9.68. The first-order valence-electron chi connectivity index (χ1n) is 10.6. The van der Waals surface area contributed by atoms with E-state index in [-0.39, 0.29) is 28.0 Å². The van der Waals surface area contributed by atoms with Gasteiger partial charge in [-0.25, -0.2) is 4.79 Å². The summed E-state index contributed by atoms with van der Waals surface area (Å²) in [4.78, 5) is 37.4. The van der Waals surface area contributed by atoms with E-state index >= 15 is 0 Å². The number of allylic oxidation sites excluding steroid dienone is 4. The minimum absolute atomic E-state index is 0.0561. The molecule has 10 nitrogen and oxygen atoms in total. The van der Waals surface area contributed by atoms with Crippen molar-refractivity contribution in [2.75, 3.05) is 0 Å². The van der Waals surface area contributed by atoms with Gasteiger partial charge >= 0.3 is 5.97 Å². The highest BCUT2D eigenvalue weighted by molar-refractivity contribution is 6.21. The van der Waals surface area contributed by atoms with Crippen molar-refractivity contribution >= 4 is 23.6 Å². The van der Waals surface area contributed by atoms with Crippen LogP contribution in [0.3, 0.4) is 0 Å². The van der Waals surface area contributed by atoms with Crippen molar-refractivity contribution < 1.29 is 49.8 Å². The second-order valence-electron chi connectivity index (χ2n) is 8.63. The molecular weight excluding hydrogens is 472 g/mol. The first-order chi connectivity index (χ1) is 17.0.